The van der Waals surface area contributed by atoms with Crippen LogP contribution in [0.15, 0.2) is 24.3 Å². The summed E-state index contributed by atoms with van der Waals surface area (Å²) in [6.45, 7) is 3.83. The normalized spacial score (nSPS) is 15.7. The van der Waals surface area contributed by atoms with Gasteiger partial charge in [-0.1, -0.05) is 18.2 Å². The standard InChI is InChI=1S/C15H22N2O2/c1-15(2,16)14(18)17-10-11-6-3-4-9-13(11)19-12-7-5-8-12/h3-4,6,9,12H,5,7-8,10,16H2,1-2H3,(H,17,18). The van der Waals surface area contributed by atoms with Crippen LogP contribution >= 0.6 is 0 Å². The third-order valence-corrected chi connectivity index (χ3v) is 3.34. The first-order valence-corrected chi connectivity index (χ1v) is 6.78. The van der Waals surface area contributed by atoms with Gasteiger partial charge in [0.15, 0.2) is 0 Å². The Hall–Kier alpha value is -1.55. The number of hydrogen-bond donors (Lipinski definition) is 2. The van der Waals surface area contributed by atoms with Gasteiger partial charge >= 0.3 is 0 Å². The van der Waals surface area contributed by atoms with Gasteiger partial charge in [-0.15, -0.1) is 0 Å². The van der Waals surface area contributed by atoms with Gasteiger partial charge < -0.3 is 15.8 Å². The molecule has 0 atom stereocenters. The van der Waals surface area contributed by atoms with Gasteiger partial charge in [-0.3, -0.25) is 4.79 Å². The molecule has 0 radical (unpaired) electrons. The molecule has 1 aliphatic rings. The highest BCUT2D eigenvalue weighted by atomic mass is 16.5. The second kappa shape index (κ2) is 5.61. The molecule has 1 aliphatic carbocycles. The quantitative estimate of drug-likeness (QED) is 0.852. The van der Waals surface area contributed by atoms with Crippen LogP contribution in [0.4, 0.5) is 0 Å². The summed E-state index contributed by atoms with van der Waals surface area (Å²) in [5.74, 6) is 0.702. The lowest BCUT2D eigenvalue weighted by Crippen LogP contribution is -2.48. The van der Waals surface area contributed by atoms with Gasteiger partial charge in [0.25, 0.3) is 0 Å². The summed E-state index contributed by atoms with van der Waals surface area (Å²) < 4.78 is 5.92. The van der Waals surface area contributed by atoms with Crippen LogP contribution in [0.3, 0.4) is 0 Å². The molecule has 0 aromatic heterocycles. The molecule has 0 aliphatic heterocycles. The van der Waals surface area contributed by atoms with Crippen molar-refractivity contribution in [1.82, 2.24) is 5.32 Å². The average Bonchev–Trinajstić information content (AvgIpc) is 2.30. The summed E-state index contributed by atoms with van der Waals surface area (Å²) in [6.07, 6.45) is 3.82. The van der Waals surface area contributed by atoms with E-state index in [1.165, 1.54) is 6.42 Å². The molecular formula is C15H22N2O2. The Bertz CT molecular complexity index is 448. The van der Waals surface area contributed by atoms with Crippen molar-refractivity contribution in [3.8, 4) is 5.75 Å². The number of carbonyl (C=O) groups is 1. The van der Waals surface area contributed by atoms with Crippen molar-refractivity contribution in [3.63, 3.8) is 0 Å². The number of para-hydroxylation sites is 1. The van der Waals surface area contributed by atoms with Gasteiger partial charge in [0.1, 0.15) is 5.75 Å². The van der Waals surface area contributed by atoms with Gasteiger partial charge in [0.05, 0.1) is 11.6 Å². The second-order valence-corrected chi connectivity index (χ2v) is 5.68. The first-order valence-electron chi connectivity index (χ1n) is 6.78. The molecule has 104 valence electrons. The Kier molecular flexibility index (Phi) is 4.10. The predicted octanol–water partition coefficient (Wildman–Crippen LogP) is 1.97. The summed E-state index contributed by atoms with van der Waals surface area (Å²) in [4.78, 5) is 11.8. The molecule has 4 nitrogen and oxygen atoms in total. The molecule has 19 heavy (non-hydrogen) atoms. The molecule has 0 spiro atoms. The topological polar surface area (TPSA) is 64.4 Å². The molecular weight excluding hydrogens is 240 g/mol. The maximum Gasteiger partial charge on any atom is 0.239 e. The molecule has 4 heteroatoms. The maximum absolute atomic E-state index is 11.8. The average molecular weight is 262 g/mol. The monoisotopic (exact) mass is 262 g/mol. The zero-order valence-corrected chi connectivity index (χ0v) is 11.6. The van der Waals surface area contributed by atoms with E-state index in [1.54, 1.807) is 13.8 Å². The van der Waals surface area contributed by atoms with Crippen molar-refractivity contribution >= 4 is 5.91 Å². The number of ether oxygens (including phenoxy) is 1. The third kappa shape index (κ3) is 3.70. The highest BCUT2D eigenvalue weighted by molar-refractivity contribution is 5.85. The van der Waals surface area contributed by atoms with Crippen LogP contribution in [-0.4, -0.2) is 17.6 Å². The molecule has 1 saturated carbocycles. The minimum atomic E-state index is -0.857. The van der Waals surface area contributed by atoms with Gasteiger partial charge in [0, 0.05) is 12.1 Å². The summed E-state index contributed by atoms with van der Waals surface area (Å²) in [6, 6.07) is 7.82. The number of carbonyl (C=O) groups excluding carboxylic acids is 1. The number of nitrogens with two attached hydrogens (primary N) is 1. The fraction of sp³-hybridized carbons (Fsp3) is 0.533. The molecule has 1 aromatic carbocycles. The van der Waals surface area contributed by atoms with Crippen molar-refractivity contribution in [1.29, 1.82) is 0 Å². The Balaban J connectivity index is 1.97. The van der Waals surface area contributed by atoms with Crippen LogP contribution in [0.2, 0.25) is 0 Å². The number of amides is 1. The Morgan fingerprint density at radius 1 is 1.42 bits per heavy atom. The first-order chi connectivity index (χ1) is 8.97. The Morgan fingerprint density at radius 3 is 2.68 bits per heavy atom. The van der Waals surface area contributed by atoms with Gasteiger partial charge in [-0.25, -0.2) is 0 Å². The lowest BCUT2D eigenvalue weighted by atomic mass is 9.96. The summed E-state index contributed by atoms with van der Waals surface area (Å²) >= 11 is 0. The number of rotatable bonds is 5. The van der Waals surface area contributed by atoms with E-state index in [1.807, 2.05) is 24.3 Å². The SMILES string of the molecule is CC(C)(N)C(=O)NCc1ccccc1OC1CCC1. The molecule has 0 saturated heterocycles. The molecule has 2 rings (SSSR count). The highest BCUT2D eigenvalue weighted by Crippen LogP contribution is 2.27. The van der Waals surface area contributed by atoms with Gasteiger partial charge in [0.2, 0.25) is 5.91 Å². The zero-order chi connectivity index (χ0) is 13.9. The van der Waals surface area contributed by atoms with Crippen LogP contribution in [0.5, 0.6) is 5.75 Å². The maximum atomic E-state index is 11.8. The number of hydrogen-bond acceptors (Lipinski definition) is 3. The van der Waals surface area contributed by atoms with Crippen LogP contribution < -0.4 is 15.8 Å². The van der Waals surface area contributed by atoms with Crippen LogP contribution in [-0.2, 0) is 11.3 Å². The van der Waals surface area contributed by atoms with E-state index >= 15 is 0 Å². The van der Waals surface area contributed by atoms with Crippen LogP contribution in [0.1, 0.15) is 38.7 Å². The molecule has 3 N–H and O–H groups in total. The molecule has 1 aromatic rings. The largest absolute Gasteiger partial charge is 0.490 e. The van der Waals surface area contributed by atoms with E-state index in [2.05, 4.69) is 5.32 Å². The smallest absolute Gasteiger partial charge is 0.239 e. The third-order valence-electron chi connectivity index (χ3n) is 3.34. The van der Waals surface area contributed by atoms with E-state index in [4.69, 9.17) is 10.5 Å². The van der Waals surface area contributed by atoms with Crippen molar-refractivity contribution < 1.29 is 9.53 Å². The van der Waals surface area contributed by atoms with Crippen molar-refractivity contribution in [3.05, 3.63) is 29.8 Å². The second-order valence-electron chi connectivity index (χ2n) is 5.68. The minimum absolute atomic E-state index is 0.161. The van der Waals surface area contributed by atoms with E-state index in [0.29, 0.717) is 12.6 Å². The van der Waals surface area contributed by atoms with Crippen molar-refractivity contribution in [2.45, 2.75) is 51.3 Å². The summed E-state index contributed by atoms with van der Waals surface area (Å²) in [5.41, 5.74) is 5.88. The molecule has 0 heterocycles. The first kappa shape index (κ1) is 13.9. The van der Waals surface area contributed by atoms with Crippen LogP contribution in [0.25, 0.3) is 0 Å². The molecule has 0 bridgehead atoms. The molecule has 0 unspecified atom stereocenters. The molecule has 1 amide bonds. The molecule has 1 fully saturated rings. The number of benzene rings is 1. The predicted molar refractivity (Wildman–Crippen MR) is 74.8 cm³/mol. The van der Waals surface area contributed by atoms with Gasteiger partial charge in [-0.2, -0.15) is 0 Å². The lowest BCUT2D eigenvalue weighted by Gasteiger charge is -2.27. The summed E-state index contributed by atoms with van der Waals surface area (Å²) in [5, 5.41) is 2.84. The van der Waals surface area contributed by atoms with E-state index < -0.39 is 5.54 Å². The van der Waals surface area contributed by atoms with E-state index in [9.17, 15) is 4.79 Å². The Morgan fingerprint density at radius 2 is 2.11 bits per heavy atom. The highest BCUT2D eigenvalue weighted by Gasteiger charge is 2.23. The van der Waals surface area contributed by atoms with Gasteiger partial charge in [-0.05, 0) is 39.2 Å². The van der Waals surface area contributed by atoms with Crippen LogP contribution in [0, 0.1) is 0 Å². The summed E-state index contributed by atoms with van der Waals surface area (Å²) in [7, 11) is 0. The van der Waals surface area contributed by atoms with Crippen molar-refractivity contribution in [2.75, 3.05) is 0 Å². The van der Waals surface area contributed by atoms with E-state index in [-0.39, 0.29) is 5.91 Å². The number of nitrogens with one attached hydrogen (secondary N) is 1. The van der Waals surface area contributed by atoms with Crippen molar-refractivity contribution in [2.24, 2.45) is 5.73 Å². The fourth-order valence-corrected chi connectivity index (χ4v) is 1.84. The lowest BCUT2D eigenvalue weighted by molar-refractivity contribution is -0.125. The fourth-order valence-electron chi connectivity index (χ4n) is 1.84. The zero-order valence-electron chi connectivity index (χ0n) is 11.6. The minimum Gasteiger partial charge on any atom is -0.490 e. The van der Waals surface area contributed by atoms with E-state index in [0.717, 1.165) is 24.2 Å². The Labute approximate surface area is 114 Å².